The molecule has 0 unspecified atom stereocenters. The number of carbonyl (C=O) groups is 11. The first-order valence-electron chi connectivity index (χ1n) is 32.8. The second kappa shape index (κ2) is 44.7. The smallest absolute Gasteiger partial charge is 0.407 e. The fourth-order valence-corrected chi connectivity index (χ4v) is 10.3. The van der Waals surface area contributed by atoms with Gasteiger partial charge >= 0.3 is 12.1 Å². The molecule has 0 bridgehead atoms. The summed E-state index contributed by atoms with van der Waals surface area (Å²) in [4.78, 5) is 163. The molecule has 0 aliphatic heterocycles. The Hall–Kier alpha value is -10.0. The fourth-order valence-electron chi connectivity index (χ4n) is 10.3. The van der Waals surface area contributed by atoms with Crippen molar-refractivity contribution >= 4 is 93.8 Å². The minimum absolute atomic E-state index is 0.00184. The van der Waals surface area contributed by atoms with Crippen LogP contribution in [0.1, 0.15) is 116 Å². The van der Waals surface area contributed by atoms with Gasteiger partial charge in [-0.2, -0.15) is 0 Å². The third-order valence-corrected chi connectivity index (χ3v) is 15.4. The zero-order chi connectivity index (χ0) is 72.6. The van der Waals surface area contributed by atoms with Crippen LogP contribution in [0.5, 0.6) is 5.75 Å². The first-order valence-corrected chi connectivity index (χ1v) is 32.8. The number of aliphatic imine (C=N–C) groups is 3. The van der Waals surface area contributed by atoms with Crippen LogP contribution in [0.2, 0.25) is 0 Å². The number of hydrogen-bond donors (Lipinski definition) is 11. The lowest BCUT2D eigenvalue weighted by Gasteiger charge is -2.26. The maximum atomic E-state index is 15.1. The molecule has 0 aromatic heterocycles. The van der Waals surface area contributed by atoms with Crippen molar-refractivity contribution in [1.82, 2.24) is 42.5 Å². The summed E-state index contributed by atoms with van der Waals surface area (Å²) in [5, 5.41) is 24.1. The van der Waals surface area contributed by atoms with Gasteiger partial charge in [-0.1, -0.05) is 79.9 Å². The molecule has 28 heteroatoms. The number of hydrogen-bond acceptors (Lipinski definition) is 17. The predicted molar refractivity (Wildman–Crippen MR) is 375 cm³/mol. The summed E-state index contributed by atoms with van der Waals surface area (Å²) in [5.41, 5.74) is 18.3. The molecular formula is C70H102N14O14. The Morgan fingerprint density at radius 1 is 0.551 bits per heavy atom. The van der Waals surface area contributed by atoms with Gasteiger partial charge in [-0.05, 0) is 120 Å². The Morgan fingerprint density at radius 2 is 1.08 bits per heavy atom. The molecular weight excluding hydrogens is 1260 g/mol. The number of guanidine groups is 3. The van der Waals surface area contributed by atoms with Crippen molar-refractivity contribution in [3.8, 4) is 5.75 Å². The van der Waals surface area contributed by atoms with E-state index in [4.69, 9.17) is 31.4 Å². The van der Waals surface area contributed by atoms with Crippen molar-refractivity contribution in [3.05, 3.63) is 103 Å². The van der Waals surface area contributed by atoms with Crippen molar-refractivity contribution in [1.29, 1.82) is 0 Å². The van der Waals surface area contributed by atoms with Gasteiger partial charge in [0.15, 0.2) is 35.2 Å². The number of nitrogens with zero attached hydrogens (tertiary/aromatic N) is 3. The van der Waals surface area contributed by atoms with Crippen molar-refractivity contribution in [2.24, 2.45) is 55.8 Å². The van der Waals surface area contributed by atoms with Gasteiger partial charge in [0.25, 0.3) is 0 Å². The summed E-state index contributed by atoms with van der Waals surface area (Å²) in [6.45, 7) is 13.6. The molecule has 0 saturated carbocycles. The van der Waals surface area contributed by atoms with E-state index in [-0.39, 0.29) is 121 Å². The quantitative estimate of drug-likeness (QED) is 0.00965. The Labute approximate surface area is 574 Å². The van der Waals surface area contributed by atoms with E-state index in [0.717, 1.165) is 10.8 Å². The zero-order valence-corrected chi connectivity index (χ0v) is 57.7. The molecule has 0 spiro atoms. The summed E-state index contributed by atoms with van der Waals surface area (Å²) in [5.74, 6) is -9.29. The third kappa shape index (κ3) is 33.1. The SMILES string of the molecule is C=CCOC(=O)CC[C@H](CC(=O)CNC(=O)[C@@H](CC(=O)[C@@H](CCCNC(N)=NC)NC(=O)[C@H](CCCNC(N)=NC)CC(=O)[C@H](Cc1ccc(OC(C)(C)C)cc1)NC(=O)[C@H](CNC(=O)OCC=C)CC(C)=O)Cc1ccc2ccccc2c1)C(=O)N[C@H](C=O)CCCNC(N)=NC. The molecule has 0 fully saturated rings. The zero-order valence-electron chi connectivity index (χ0n) is 57.7. The Kier molecular flexibility index (Phi) is 37.5. The van der Waals surface area contributed by atoms with Gasteiger partial charge in [-0.15, -0.1) is 0 Å². The third-order valence-electron chi connectivity index (χ3n) is 15.4. The monoisotopic (exact) mass is 1360 g/mol. The molecule has 28 nitrogen and oxygen atoms in total. The Balaban J connectivity index is 2.08. The van der Waals surface area contributed by atoms with E-state index >= 15 is 14.4 Å². The number of alkyl carbamates (subject to hydrolysis) is 1. The molecule has 0 saturated heterocycles. The van der Waals surface area contributed by atoms with E-state index < -0.39 is 126 Å². The minimum atomic E-state index is -1.31. The lowest BCUT2D eigenvalue weighted by molar-refractivity contribution is -0.143. The first-order chi connectivity index (χ1) is 46.7. The van der Waals surface area contributed by atoms with Crippen LogP contribution in [0, 0.1) is 23.7 Å². The van der Waals surface area contributed by atoms with Crippen LogP contribution in [0.3, 0.4) is 0 Å². The number of amides is 5. The maximum absolute atomic E-state index is 15.1. The molecule has 98 heavy (non-hydrogen) atoms. The number of rotatable bonds is 46. The van der Waals surface area contributed by atoms with Crippen molar-refractivity contribution < 1.29 is 67.0 Å². The largest absolute Gasteiger partial charge is 0.488 e. The summed E-state index contributed by atoms with van der Waals surface area (Å²) in [6.07, 6.45) is 1.34. The van der Waals surface area contributed by atoms with Crippen LogP contribution in [0.15, 0.2) is 107 Å². The molecule has 0 aliphatic rings. The van der Waals surface area contributed by atoms with Crippen LogP contribution in [0.25, 0.3) is 10.8 Å². The van der Waals surface area contributed by atoms with Crippen molar-refractivity contribution in [3.63, 3.8) is 0 Å². The molecule has 14 N–H and O–H groups in total. The van der Waals surface area contributed by atoms with Gasteiger partial charge in [0.1, 0.15) is 36.6 Å². The molecule has 3 aromatic rings. The molecule has 3 rings (SSSR count). The molecule has 0 radical (unpaired) electrons. The lowest BCUT2D eigenvalue weighted by Crippen LogP contribution is -2.49. The topological polar surface area (TPSA) is 427 Å². The van der Waals surface area contributed by atoms with Gasteiger partial charge in [0, 0.05) is 97.2 Å². The Bertz CT molecular complexity index is 3260. The van der Waals surface area contributed by atoms with Crippen LogP contribution < -0.4 is 64.5 Å². The van der Waals surface area contributed by atoms with E-state index in [1.807, 2.05) is 63.2 Å². The van der Waals surface area contributed by atoms with E-state index in [0.29, 0.717) is 36.1 Å². The molecule has 5 amide bonds. The van der Waals surface area contributed by atoms with Crippen LogP contribution in [-0.2, 0) is 70.3 Å². The maximum Gasteiger partial charge on any atom is 0.407 e. The summed E-state index contributed by atoms with van der Waals surface area (Å²) in [6, 6.07) is 16.4. The Morgan fingerprint density at radius 3 is 1.67 bits per heavy atom. The standard InChI is InChI=1S/C70H102N14O14/c1-10-33-96-61(90)29-26-51(63(92)82-54(44-85)20-15-31-78-67(72)75-8)39-55(87)43-80-62(91)52(37-47-22-25-48-17-12-13-18-49(48)36-47)41-59(88)57(21-16-32-79-68(73)76-9)83-64(93)50(19-14-30-77-66(71)74-7)40-60(89)58(38-46-23-27-56(28-24-46)98-70(4,5)6)84-65(94)53(35-45(3)86)42-81-69(95)97-34-11-2/h10-13,17-18,22-25,27-28,36,44,50-54,57-58H,1-2,14-16,19-21,26,29-35,37-43H2,3-9H3,(H,80,91)(H,81,95)(H,82,92)(H,83,93)(H,84,94)(H3,71,74,77)(H3,72,75,78)(H3,73,76,79)/t50-,51-,52-,53+,54+,57-,58+/m1/s1. The highest BCUT2D eigenvalue weighted by atomic mass is 16.5. The molecule has 0 heterocycles. The predicted octanol–water partition coefficient (Wildman–Crippen LogP) is 3.26. The van der Waals surface area contributed by atoms with Gasteiger partial charge < -0.3 is 83.5 Å². The summed E-state index contributed by atoms with van der Waals surface area (Å²) < 4.78 is 16.2. The van der Waals surface area contributed by atoms with Gasteiger partial charge in [-0.3, -0.25) is 53.3 Å². The number of benzene rings is 3. The molecule has 0 aliphatic carbocycles. The number of aldehydes is 1. The summed E-state index contributed by atoms with van der Waals surface area (Å²) >= 11 is 0. The second-order valence-electron chi connectivity index (χ2n) is 24.6. The fraction of sp³-hybridized carbons (Fsp3) is 0.514. The van der Waals surface area contributed by atoms with E-state index in [9.17, 15) is 38.4 Å². The number of carbonyl (C=O) groups excluding carboxylic acids is 11. The minimum Gasteiger partial charge on any atom is -0.488 e. The summed E-state index contributed by atoms with van der Waals surface area (Å²) in [7, 11) is 4.48. The molecule has 536 valence electrons. The molecule has 7 atom stereocenters. The molecule has 3 aromatic carbocycles. The van der Waals surface area contributed by atoms with Crippen molar-refractivity contribution in [2.45, 2.75) is 141 Å². The van der Waals surface area contributed by atoms with E-state index in [1.54, 1.807) is 24.3 Å². The number of fused-ring (bicyclic) bond motifs is 1. The van der Waals surface area contributed by atoms with E-state index in [1.165, 1.54) is 40.2 Å². The average Bonchev–Trinajstić information content (AvgIpc) is 0.852. The van der Waals surface area contributed by atoms with Crippen LogP contribution in [0.4, 0.5) is 4.79 Å². The van der Waals surface area contributed by atoms with E-state index in [2.05, 4.69) is 70.7 Å². The number of nitrogens with two attached hydrogens (primary N) is 3. The van der Waals surface area contributed by atoms with Crippen LogP contribution >= 0.6 is 0 Å². The number of ether oxygens (including phenoxy) is 3. The highest BCUT2D eigenvalue weighted by molar-refractivity contribution is 5.97. The average molecular weight is 1360 g/mol. The number of ketones is 4. The van der Waals surface area contributed by atoms with Crippen molar-refractivity contribution in [2.75, 3.05) is 67.1 Å². The highest BCUT2D eigenvalue weighted by Crippen LogP contribution is 2.25. The van der Waals surface area contributed by atoms with Gasteiger partial charge in [0.2, 0.25) is 23.6 Å². The second-order valence-corrected chi connectivity index (χ2v) is 24.6. The number of Topliss-reactive ketones (excluding diaryl/α,β-unsaturated/α-hetero) is 4. The normalized spacial score (nSPS) is 13.8. The highest BCUT2D eigenvalue weighted by Gasteiger charge is 2.35. The number of nitrogens with one attached hydrogen (secondary N) is 8. The van der Waals surface area contributed by atoms with Crippen LogP contribution in [-0.4, -0.2) is 174 Å². The lowest BCUT2D eigenvalue weighted by atomic mass is 9.88. The van der Waals surface area contributed by atoms with Gasteiger partial charge in [-0.25, -0.2) is 4.79 Å². The number of esters is 1. The first kappa shape index (κ1) is 82.2. The van der Waals surface area contributed by atoms with Gasteiger partial charge in [0.05, 0.1) is 30.6 Å².